The molecule has 9 heteroatoms. The molecular weight excluding hydrogens is 393 g/mol. The highest BCUT2D eigenvalue weighted by atomic mass is 32.2. The van der Waals surface area contributed by atoms with Crippen molar-refractivity contribution in [1.82, 2.24) is 5.32 Å². The van der Waals surface area contributed by atoms with Crippen LogP contribution < -0.4 is 5.32 Å². The summed E-state index contributed by atoms with van der Waals surface area (Å²) >= 11 is 0.881. The van der Waals surface area contributed by atoms with Crippen molar-refractivity contribution in [3.63, 3.8) is 0 Å². The van der Waals surface area contributed by atoms with Crippen LogP contribution in [-0.4, -0.2) is 16.4 Å². The first-order chi connectivity index (χ1) is 12.9. The topological polar surface area (TPSA) is 72.2 Å². The number of hydrogen-bond acceptors (Lipinski definition) is 4. The zero-order valence-corrected chi connectivity index (χ0v) is 16.3. The molecule has 0 aliphatic carbocycles. The van der Waals surface area contributed by atoms with E-state index in [4.69, 9.17) is 0 Å². The summed E-state index contributed by atoms with van der Waals surface area (Å²) in [6.07, 6.45) is -3.99. The number of benzene rings is 2. The zero-order valence-electron chi connectivity index (χ0n) is 15.5. The first-order valence-electron chi connectivity index (χ1n) is 8.39. The third-order valence-electron chi connectivity index (χ3n) is 4.17. The normalized spacial score (nSPS) is 11.9. The van der Waals surface area contributed by atoms with Gasteiger partial charge in [-0.05, 0) is 44.5 Å². The molecule has 0 unspecified atom stereocenters. The molecule has 0 fully saturated rings. The fourth-order valence-electron chi connectivity index (χ4n) is 2.25. The monoisotopic (exact) mass is 412 g/mol. The van der Waals surface area contributed by atoms with Crippen LogP contribution in [0, 0.1) is 10.1 Å². The Kier molecular flexibility index (Phi) is 6.38. The molecule has 0 saturated heterocycles. The van der Waals surface area contributed by atoms with Crippen molar-refractivity contribution in [2.75, 3.05) is 0 Å². The van der Waals surface area contributed by atoms with Gasteiger partial charge in [0.1, 0.15) is 0 Å². The van der Waals surface area contributed by atoms with Gasteiger partial charge in [0.2, 0.25) is 0 Å². The third kappa shape index (κ3) is 5.25. The van der Waals surface area contributed by atoms with Crippen molar-refractivity contribution in [3.8, 4) is 0 Å². The minimum absolute atomic E-state index is 0.0213. The van der Waals surface area contributed by atoms with Gasteiger partial charge in [0.15, 0.2) is 0 Å². The van der Waals surface area contributed by atoms with E-state index in [-0.39, 0.29) is 10.8 Å². The zero-order chi connectivity index (χ0) is 21.1. The Bertz CT molecular complexity index is 898. The van der Waals surface area contributed by atoms with Crippen molar-refractivity contribution in [2.45, 2.75) is 48.7 Å². The average Bonchev–Trinajstić information content (AvgIpc) is 2.61. The Morgan fingerprint density at radius 3 is 2.36 bits per heavy atom. The number of halogens is 3. The molecule has 0 saturated carbocycles. The van der Waals surface area contributed by atoms with Gasteiger partial charge in [-0.3, -0.25) is 14.9 Å². The Morgan fingerprint density at radius 1 is 1.14 bits per heavy atom. The molecule has 1 N–H and O–H groups in total. The number of carbonyl (C=O) groups excluding carboxylic acids is 1. The number of nitro groups is 1. The van der Waals surface area contributed by atoms with Gasteiger partial charge in [0.25, 0.3) is 11.6 Å². The van der Waals surface area contributed by atoms with Gasteiger partial charge in [-0.15, -0.1) is 0 Å². The molecule has 0 aliphatic heterocycles. The summed E-state index contributed by atoms with van der Waals surface area (Å²) in [5.74, 6) is -0.357. The van der Waals surface area contributed by atoms with E-state index in [2.05, 4.69) is 5.32 Å². The highest BCUT2D eigenvalue weighted by Gasteiger charge is 2.33. The lowest BCUT2D eigenvalue weighted by Gasteiger charge is -2.25. The number of alkyl halides is 3. The lowest BCUT2D eigenvalue weighted by Crippen LogP contribution is -2.42. The van der Waals surface area contributed by atoms with E-state index in [1.54, 1.807) is 24.3 Å². The second-order valence-electron chi connectivity index (χ2n) is 6.73. The second-order valence-corrected chi connectivity index (χ2v) is 7.81. The van der Waals surface area contributed by atoms with Gasteiger partial charge in [-0.25, -0.2) is 0 Å². The van der Waals surface area contributed by atoms with Gasteiger partial charge in [-0.2, -0.15) is 13.2 Å². The molecule has 2 aromatic carbocycles. The minimum atomic E-state index is -4.68. The summed E-state index contributed by atoms with van der Waals surface area (Å²) in [6.45, 7) is 5.65. The molecule has 0 heterocycles. The Labute approximate surface area is 164 Å². The maximum atomic E-state index is 12.9. The van der Waals surface area contributed by atoms with Gasteiger partial charge in [-0.1, -0.05) is 30.8 Å². The Hall–Kier alpha value is -2.55. The molecular formula is C19H19F3N2O3S. The summed E-state index contributed by atoms with van der Waals surface area (Å²) in [7, 11) is 0. The summed E-state index contributed by atoms with van der Waals surface area (Å²) in [4.78, 5) is 23.5. The number of nitro benzene ring substituents is 1. The second kappa shape index (κ2) is 8.22. The predicted molar refractivity (Wildman–Crippen MR) is 100 cm³/mol. The lowest BCUT2D eigenvalue weighted by atomic mass is 10.0. The number of hydrogen-bond donors (Lipinski definition) is 1. The van der Waals surface area contributed by atoms with Crippen LogP contribution in [0.15, 0.2) is 52.3 Å². The smallest absolute Gasteiger partial charge is 0.347 e. The maximum Gasteiger partial charge on any atom is 0.416 e. The lowest BCUT2D eigenvalue weighted by molar-refractivity contribution is -0.388. The van der Waals surface area contributed by atoms with Crippen LogP contribution in [0.25, 0.3) is 0 Å². The van der Waals surface area contributed by atoms with Gasteiger partial charge in [0.05, 0.1) is 20.9 Å². The van der Waals surface area contributed by atoms with E-state index in [0.29, 0.717) is 22.9 Å². The molecule has 0 bridgehead atoms. The first-order valence-corrected chi connectivity index (χ1v) is 9.21. The van der Waals surface area contributed by atoms with Gasteiger partial charge < -0.3 is 5.32 Å². The third-order valence-corrected chi connectivity index (χ3v) is 5.31. The maximum absolute atomic E-state index is 12.9. The summed E-state index contributed by atoms with van der Waals surface area (Å²) in [5.41, 5.74) is -1.92. The Morgan fingerprint density at radius 2 is 1.79 bits per heavy atom. The molecule has 0 aromatic heterocycles. The largest absolute Gasteiger partial charge is 0.416 e. The molecule has 2 rings (SSSR count). The van der Waals surface area contributed by atoms with E-state index >= 15 is 0 Å². The van der Waals surface area contributed by atoms with E-state index in [0.717, 1.165) is 23.9 Å². The van der Waals surface area contributed by atoms with Crippen molar-refractivity contribution in [2.24, 2.45) is 0 Å². The number of carbonyl (C=O) groups is 1. The number of nitrogens with zero attached hydrogens (tertiary/aromatic N) is 1. The first kappa shape index (κ1) is 21.7. The average molecular weight is 412 g/mol. The van der Waals surface area contributed by atoms with E-state index in [1.807, 2.05) is 20.8 Å². The minimum Gasteiger partial charge on any atom is -0.347 e. The van der Waals surface area contributed by atoms with Crippen LogP contribution in [0.2, 0.25) is 0 Å². The molecule has 0 atom stereocenters. The molecule has 0 radical (unpaired) electrons. The van der Waals surface area contributed by atoms with Gasteiger partial charge in [0, 0.05) is 16.5 Å². The molecule has 28 heavy (non-hydrogen) atoms. The highest BCUT2D eigenvalue weighted by molar-refractivity contribution is 7.99. The van der Waals surface area contributed by atoms with E-state index in [9.17, 15) is 28.1 Å². The summed E-state index contributed by atoms with van der Waals surface area (Å²) in [6, 6.07) is 8.82. The summed E-state index contributed by atoms with van der Waals surface area (Å²) in [5, 5.41) is 14.2. The standard InChI is InChI=1S/C19H19F3N2O3S/c1-4-18(2,3)23-17(25)13-7-5-6-8-15(13)28-16-10-9-12(19(20,21)22)11-14(16)24(26)27/h5-11H,4H2,1-3H3,(H,23,25). The fourth-order valence-corrected chi connectivity index (χ4v) is 3.28. The van der Waals surface area contributed by atoms with Crippen molar-refractivity contribution < 1.29 is 22.9 Å². The van der Waals surface area contributed by atoms with E-state index in [1.165, 1.54) is 0 Å². The molecule has 0 aliphatic rings. The SMILES string of the molecule is CCC(C)(C)NC(=O)c1ccccc1Sc1ccc(C(F)(F)F)cc1[N+](=O)[O-]. The van der Waals surface area contributed by atoms with Crippen LogP contribution >= 0.6 is 11.8 Å². The van der Waals surface area contributed by atoms with Gasteiger partial charge >= 0.3 is 6.18 Å². The van der Waals surface area contributed by atoms with Crippen LogP contribution in [0.3, 0.4) is 0 Å². The quantitative estimate of drug-likeness (QED) is 0.489. The van der Waals surface area contributed by atoms with Crippen LogP contribution in [0.4, 0.5) is 18.9 Å². The van der Waals surface area contributed by atoms with Crippen LogP contribution in [-0.2, 0) is 6.18 Å². The van der Waals surface area contributed by atoms with Crippen molar-refractivity contribution in [1.29, 1.82) is 0 Å². The number of amides is 1. The van der Waals surface area contributed by atoms with E-state index < -0.39 is 27.9 Å². The molecule has 5 nitrogen and oxygen atoms in total. The van der Waals surface area contributed by atoms with Crippen molar-refractivity contribution in [3.05, 3.63) is 63.7 Å². The van der Waals surface area contributed by atoms with Crippen molar-refractivity contribution >= 4 is 23.4 Å². The predicted octanol–water partition coefficient (Wildman–Crippen LogP) is 5.68. The number of rotatable bonds is 6. The molecule has 150 valence electrons. The Balaban J connectivity index is 2.42. The number of nitrogens with one attached hydrogen (secondary N) is 1. The molecule has 1 amide bonds. The molecule has 2 aromatic rings. The van der Waals surface area contributed by atoms with Crippen LogP contribution in [0.5, 0.6) is 0 Å². The summed E-state index contributed by atoms with van der Waals surface area (Å²) < 4.78 is 38.6. The highest BCUT2D eigenvalue weighted by Crippen LogP contribution is 2.40. The molecule has 0 spiro atoms. The van der Waals surface area contributed by atoms with Crippen LogP contribution in [0.1, 0.15) is 43.1 Å². The fraction of sp³-hybridized carbons (Fsp3) is 0.316.